The van der Waals surface area contributed by atoms with Crippen LogP contribution < -0.4 is 5.32 Å². The Morgan fingerprint density at radius 1 is 1.29 bits per heavy atom. The molecular weight excluding hydrogens is 398 g/mol. The first-order valence-corrected chi connectivity index (χ1v) is 11.3. The van der Waals surface area contributed by atoms with Crippen molar-refractivity contribution in [2.45, 2.75) is 30.7 Å². The molecular formula is C20H20ClN3O3S. The maximum Gasteiger partial charge on any atom is 0.228 e. The zero-order valence-corrected chi connectivity index (χ0v) is 16.9. The van der Waals surface area contributed by atoms with E-state index in [-0.39, 0.29) is 17.2 Å². The molecule has 1 aliphatic rings. The van der Waals surface area contributed by atoms with Gasteiger partial charge >= 0.3 is 0 Å². The van der Waals surface area contributed by atoms with E-state index in [1.807, 2.05) is 6.07 Å². The zero-order valence-electron chi connectivity index (χ0n) is 15.4. The molecule has 0 spiro atoms. The Morgan fingerprint density at radius 2 is 2.04 bits per heavy atom. The molecule has 0 bridgehead atoms. The van der Waals surface area contributed by atoms with Crippen LogP contribution in [0.5, 0.6) is 0 Å². The Kier molecular flexibility index (Phi) is 4.89. The van der Waals surface area contributed by atoms with Crippen LogP contribution in [0.1, 0.15) is 18.4 Å². The minimum Gasteiger partial charge on any atom is -0.326 e. The molecule has 0 atom stereocenters. The molecule has 2 aromatic carbocycles. The van der Waals surface area contributed by atoms with Gasteiger partial charge in [-0.05, 0) is 42.5 Å². The number of halogens is 1. The van der Waals surface area contributed by atoms with Crippen molar-refractivity contribution in [3.63, 3.8) is 0 Å². The first kappa shape index (κ1) is 19.0. The topological polar surface area (TPSA) is 81.1 Å². The van der Waals surface area contributed by atoms with Crippen LogP contribution in [-0.4, -0.2) is 30.4 Å². The predicted octanol–water partition coefficient (Wildman–Crippen LogP) is 3.68. The van der Waals surface area contributed by atoms with Crippen molar-refractivity contribution in [1.29, 1.82) is 0 Å². The van der Waals surface area contributed by atoms with E-state index in [0.29, 0.717) is 33.1 Å². The largest absolute Gasteiger partial charge is 0.326 e. The first-order chi connectivity index (χ1) is 13.3. The third-order valence-corrected chi connectivity index (χ3v) is 6.27. The van der Waals surface area contributed by atoms with E-state index in [9.17, 15) is 13.2 Å². The van der Waals surface area contributed by atoms with Crippen molar-refractivity contribution in [1.82, 2.24) is 9.78 Å². The molecule has 146 valence electrons. The van der Waals surface area contributed by atoms with Crippen LogP contribution in [0, 0.1) is 5.92 Å². The molecule has 1 amide bonds. The molecule has 1 N–H and O–H groups in total. The van der Waals surface area contributed by atoms with Crippen molar-refractivity contribution in [2.75, 3.05) is 11.6 Å². The van der Waals surface area contributed by atoms with E-state index < -0.39 is 9.84 Å². The highest BCUT2D eigenvalue weighted by Crippen LogP contribution is 2.32. The van der Waals surface area contributed by atoms with Gasteiger partial charge in [0.25, 0.3) is 0 Å². The number of sulfone groups is 1. The lowest BCUT2D eigenvalue weighted by molar-refractivity contribution is -0.115. The number of hydrogen-bond donors (Lipinski definition) is 1. The number of carbonyl (C=O) groups excluding carboxylic acids is 1. The highest BCUT2D eigenvalue weighted by molar-refractivity contribution is 7.91. The second-order valence-electron chi connectivity index (χ2n) is 7.29. The third-order valence-electron chi connectivity index (χ3n) is 4.77. The summed E-state index contributed by atoms with van der Waals surface area (Å²) in [7, 11) is -3.48. The third kappa shape index (κ3) is 4.20. The van der Waals surface area contributed by atoms with Gasteiger partial charge in [-0.2, -0.15) is 5.10 Å². The maximum absolute atomic E-state index is 12.4. The van der Waals surface area contributed by atoms with Gasteiger partial charge in [0, 0.05) is 35.1 Å². The Hall–Kier alpha value is -2.38. The molecule has 1 fully saturated rings. The monoisotopic (exact) mass is 417 g/mol. The number of hydrogen-bond acceptors (Lipinski definition) is 4. The fraction of sp³-hybridized carbons (Fsp3) is 0.300. The van der Waals surface area contributed by atoms with Crippen LogP contribution >= 0.6 is 11.6 Å². The van der Waals surface area contributed by atoms with E-state index in [1.165, 1.54) is 18.9 Å². The molecule has 0 radical (unpaired) electrons. The molecule has 0 aliphatic heterocycles. The van der Waals surface area contributed by atoms with Crippen molar-refractivity contribution in [3.05, 3.63) is 53.2 Å². The molecule has 4 rings (SSSR count). The Balaban J connectivity index is 1.64. The van der Waals surface area contributed by atoms with Crippen LogP contribution in [0.15, 0.2) is 47.5 Å². The SMILES string of the molecule is CS(=O)(=O)c1cc(NC(=O)Cc2ccccc2Cl)cc2nn(CC3CC3)cc12. The second kappa shape index (κ2) is 7.22. The molecule has 1 aromatic heterocycles. The summed E-state index contributed by atoms with van der Waals surface area (Å²) in [5.41, 5.74) is 1.66. The minimum absolute atomic E-state index is 0.0992. The van der Waals surface area contributed by atoms with Crippen LogP contribution in [0.4, 0.5) is 5.69 Å². The number of anilines is 1. The van der Waals surface area contributed by atoms with Gasteiger partial charge in [0.05, 0.1) is 16.8 Å². The van der Waals surface area contributed by atoms with Gasteiger partial charge in [0.1, 0.15) is 0 Å². The molecule has 1 heterocycles. The van der Waals surface area contributed by atoms with Gasteiger partial charge in [0.2, 0.25) is 5.91 Å². The van der Waals surface area contributed by atoms with Gasteiger partial charge in [-0.25, -0.2) is 8.42 Å². The van der Waals surface area contributed by atoms with Gasteiger partial charge < -0.3 is 5.32 Å². The van der Waals surface area contributed by atoms with E-state index in [2.05, 4.69) is 10.4 Å². The number of nitrogens with zero attached hydrogens (tertiary/aromatic N) is 2. The maximum atomic E-state index is 12.4. The lowest BCUT2D eigenvalue weighted by Gasteiger charge is -2.09. The predicted molar refractivity (Wildman–Crippen MR) is 109 cm³/mol. The summed E-state index contributed by atoms with van der Waals surface area (Å²) >= 11 is 6.11. The van der Waals surface area contributed by atoms with E-state index in [4.69, 9.17) is 11.6 Å². The molecule has 1 aliphatic carbocycles. The van der Waals surface area contributed by atoms with E-state index in [0.717, 1.165) is 12.8 Å². The number of carbonyl (C=O) groups is 1. The Morgan fingerprint density at radius 3 is 2.71 bits per heavy atom. The van der Waals surface area contributed by atoms with Gasteiger partial charge in [-0.1, -0.05) is 29.8 Å². The summed E-state index contributed by atoms with van der Waals surface area (Å²) in [4.78, 5) is 12.6. The number of aromatic nitrogens is 2. The number of fused-ring (bicyclic) bond motifs is 1. The zero-order chi connectivity index (χ0) is 19.9. The molecule has 1 saturated carbocycles. The molecule has 6 nitrogen and oxygen atoms in total. The smallest absolute Gasteiger partial charge is 0.228 e. The normalized spacial score (nSPS) is 14.4. The number of nitrogens with one attached hydrogen (secondary N) is 1. The highest BCUT2D eigenvalue weighted by atomic mass is 35.5. The summed E-state index contributed by atoms with van der Waals surface area (Å²) in [5.74, 6) is 0.343. The Bertz CT molecular complexity index is 1170. The average Bonchev–Trinajstić information content (AvgIpc) is 3.32. The molecule has 28 heavy (non-hydrogen) atoms. The van der Waals surface area contributed by atoms with Crippen LogP contribution in [0.25, 0.3) is 10.9 Å². The second-order valence-corrected chi connectivity index (χ2v) is 9.68. The minimum atomic E-state index is -3.48. The lowest BCUT2D eigenvalue weighted by atomic mass is 10.1. The fourth-order valence-electron chi connectivity index (χ4n) is 3.20. The molecule has 0 unspecified atom stereocenters. The fourth-order valence-corrected chi connectivity index (χ4v) is 4.30. The van der Waals surface area contributed by atoms with E-state index in [1.54, 1.807) is 35.1 Å². The van der Waals surface area contributed by atoms with Crippen LogP contribution in [0.2, 0.25) is 5.02 Å². The summed E-state index contributed by atoms with van der Waals surface area (Å²) in [6, 6.07) is 10.3. The van der Waals surface area contributed by atoms with Gasteiger partial charge in [-0.3, -0.25) is 9.48 Å². The highest BCUT2D eigenvalue weighted by Gasteiger charge is 2.23. The quantitative estimate of drug-likeness (QED) is 0.663. The van der Waals surface area contributed by atoms with Crippen molar-refractivity contribution >= 4 is 43.9 Å². The molecule has 3 aromatic rings. The van der Waals surface area contributed by atoms with Crippen LogP contribution in [-0.2, 0) is 27.6 Å². The van der Waals surface area contributed by atoms with Crippen molar-refractivity contribution < 1.29 is 13.2 Å². The van der Waals surface area contributed by atoms with Gasteiger partial charge in [0.15, 0.2) is 9.84 Å². The number of benzene rings is 2. The van der Waals surface area contributed by atoms with Crippen LogP contribution in [0.3, 0.4) is 0 Å². The summed E-state index contributed by atoms with van der Waals surface area (Å²) < 4.78 is 26.4. The van der Waals surface area contributed by atoms with Crippen molar-refractivity contribution in [2.24, 2.45) is 5.92 Å². The standard InChI is InChI=1S/C20H20ClN3O3S/c1-28(26,27)19-10-15(22-20(25)8-14-4-2-3-5-17(14)21)9-18-16(19)12-24(23-18)11-13-6-7-13/h2-5,9-10,12-13H,6-8,11H2,1H3,(H,22,25). The first-order valence-electron chi connectivity index (χ1n) is 9.04. The summed E-state index contributed by atoms with van der Waals surface area (Å²) in [5, 5.41) is 8.38. The number of rotatable bonds is 6. The molecule has 0 saturated heterocycles. The van der Waals surface area contributed by atoms with Gasteiger partial charge in [-0.15, -0.1) is 0 Å². The summed E-state index contributed by atoms with van der Waals surface area (Å²) in [6.07, 6.45) is 5.40. The molecule has 8 heteroatoms. The lowest BCUT2D eigenvalue weighted by Crippen LogP contribution is -2.15. The van der Waals surface area contributed by atoms with E-state index >= 15 is 0 Å². The summed E-state index contributed by atoms with van der Waals surface area (Å²) in [6.45, 7) is 0.784. The number of amides is 1. The van der Waals surface area contributed by atoms with Crippen molar-refractivity contribution in [3.8, 4) is 0 Å². The average molecular weight is 418 g/mol. The Labute approximate surface area is 168 Å².